The quantitative estimate of drug-likeness (QED) is 0.516. The minimum atomic E-state index is -1.05. The van der Waals surface area contributed by atoms with Gasteiger partial charge in [0.05, 0.1) is 10.5 Å². The van der Waals surface area contributed by atoms with Gasteiger partial charge in [0, 0.05) is 17.3 Å². The molecule has 0 saturated carbocycles. The van der Waals surface area contributed by atoms with Crippen molar-refractivity contribution in [3.05, 3.63) is 69.8 Å². The lowest BCUT2D eigenvalue weighted by atomic mass is 10.1. The molecule has 124 valence electrons. The molecule has 0 saturated heterocycles. The molecule has 1 atom stereocenters. The van der Waals surface area contributed by atoms with Crippen LogP contribution < -0.4 is 5.32 Å². The number of carbonyl (C=O) groups excluding carboxylic acids is 2. The minimum Gasteiger partial charge on any atom is -0.449 e. The van der Waals surface area contributed by atoms with E-state index in [1.54, 1.807) is 24.3 Å². The number of para-hydroxylation sites is 1. The molecule has 0 spiro atoms. The van der Waals surface area contributed by atoms with Gasteiger partial charge in [0.15, 0.2) is 6.10 Å². The van der Waals surface area contributed by atoms with Gasteiger partial charge < -0.3 is 10.1 Å². The number of carbonyl (C=O) groups is 2. The summed E-state index contributed by atoms with van der Waals surface area (Å²) in [6.07, 6.45) is -1.05. The number of esters is 1. The second kappa shape index (κ2) is 7.36. The number of benzene rings is 2. The number of rotatable bonds is 5. The molecule has 0 aromatic heterocycles. The third-order valence-corrected chi connectivity index (χ3v) is 3.42. The average Bonchev–Trinajstić information content (AvgIpc) is 2.55. The topological polar surface area (TPSA) is 98.5 Å². The summed E-state index contributed by atoms with van der Waals surface area (Å²) >= 11 is 0. The zero-order chi connectivity index (χ0) is 17.7. The fourth-order valence-electron chi connectivity index (χ4n) is 2.09. The van der Waals surface area contributed by atoms with E-state index in [4.69, 9.17) is 4.74 Å². The molecular formula is C17H16N2O5. The molecule has 2 aromatic carbocycles. The van der Waals surface area contributed by atoms with Gasteiger partial charge in [-0.25, -0.2) is 4.79 Å². The highest BCUT2D eigenvalue weighted by molar-refractivity contribution is 5.98. The van der Waals surface area contributed by atoms with Crippen LogP contribution in [0, 0.1) is 17.0 Å². The van der Waals surface area contributed by atoms with Gasteiger partial charge in [0.2, 0.25) is 0 Å². The Hall–Kier alpha value is -3.22. The molecule has 0 aliphatic carbocycles. The van der Waals surface area contributed by atoms with E-state index in [9.17, 15) is 19.7 Å². The molecule has 2 rings (SSSR count). The molecule has 0 aliphatic rings. The Balaban J connectivity index is 2.08. The van der Waals surface area contributed by atoms with E-state index >= 15 is 0 Å². The highest BCUT2D eigenvalue weighted by Crippen LogP contribution is 2.22. The Kier molecular flexibility index (Phi) is 5.26. The SMILES string of the molecule is Cc1c(C(=O)O[C@@H](C)C(=O)Nc2ccccc2)cccc1[N+](=O)[O-]. The molecule has 0 unspecified atom stereocenters. The summed E-state index contributed by atoms with van der Waals surface area (Å²) in [6.45, 7) is 2.90. The molecule has 7 heteroatoms. The van der Waals surface area contributed by atoms with Crippen molar-refractivity contribution < 1.29 is 19.2 Å². The number of nitrogens with zero attached hydrogens (tertiary/aromatic N) is 1. The third-order valence-electron chi connectivity index (χ3n) is 3.42. The number of hydrogen-bond acceptors (Lipinski definition) is 5. The summed E-state index contributed by atoms with van der Waals surface area (Å²) in [6, 6.07) is 12.9. The van der Waals surface area contributed by atoms with Crippen molar-refractivity contribution in [2.45, 2.75) is 20.0 Å². The van der Waals surface area contributed by atoms with Crippen molar-refractivity contribution in [3.63, 3.8) is 0 Å². The predicted octanol–water partition coefficient (Wildman–Crippen LogP) is 3.09. The van der Waals surface area contributed by atoms with Gasteiger partial charge in [-0.1, -0.05) is 24.3 Å². The van der Waals surface area contributed by atoms with Gasteiger partial charge in [-0.15, -0.1) is 0 Å². The lowest BCUT2D eigenvalue weighted by Gasteiger charge is -2.14. The number of ether oxygens (including phenoxy) is 1. The maximum atomic E-state index is 12.2. The van der Waals surface area contributed by atoms with Crippen LogP contribution in [-0.2, 0) is 9.53 Å². The standard InChI is InChI=1S/C17H16N2O5/c1-11-14(9-6-10-15(11)19(22)23)17(21)24-12(2)16(20)18-13-7-4-3-5-8-13/h3-10,12H,1-2H3,(H,18,20)/t12-/m0/s1. The fourth-order valence-corrected chi connectivity index (χ4v) is 2.09. The van der Waals surface area contributed by atoms with Crippen LogP contribution in [0.15, 0.2) is 48.5 Å². The van der Waals surface area contributed by atoms with Crippen molar-refractivity contribution in [3.8, 4) is 0 Å². The van der Waals surface area contributed by atoms with Gasteiger partial charge in [-0.3, -0.25) is 14.9 Å². The zero-order valence-corrected chi connectivity index (χ0v) is 13.2. The number of amides is 1. The third kappa shape index (κ3) is 3.95. The summed E-state index contributed by atoms with van der Waals surface area (Å²) in [4.78, 5) is 34.6. The largest absolute Gasteiger partial charge is 0.449 e. The molecule has 1 amide bonds. The van der Waals surface area contributed by atoms with E-state index < -0.39 is 22.9 Å². The Morgan fingerprint density at radius 2 is 1.79 bits per heavy atom. The second-order valence-corrected chi connectivity index (χ2v) is 5.11. The van der Waals surface area contributed by atoms with Crippen LogP contribution in [0.25, 0.3) is 0 Å². The average molecular weight is 328 g/mol. The first-order chi connectivity index (χ1) is 11.4. The lowest BCUT2D eigenvalue weighted by molar-refractivity contribution is -0.385. The Morgan fingerprint density at radius 1 is 1.12 bits per heavy atom. The highest BCUT2D eigenvalue weighted by Gasteiger charge is 2.23. The van der Waals surface area contributed by atoms with E-state index in [0.717, 1.165) is 0 Å². The first kappa shape index (κ1) is 17.1. The molecule has 0 heterocycles. The lowest BCUT2D eigenvalue weighted by Crippen LogP contribution is -2.30. The molecule has 0 bridgehead atoms. The Labute approximate surface area is 138 Å². The van der Waals surface area contributed by atoms with E-state index in [1.807, 2.05) is 6.07 Å². The summed E-state index contributed by atoms with van der Waals surface area (Å²) in [5.74, 6) is -1.27. The van der Waals surface area contributed by atoms with Gasteiger partial charge in [0.25, 0.3) is 11.6 Å². The van der Waals surface area contributed by atoms with Crippen molar-refractivity contribution in [1.29, 1.82) is 0 Å². The molecule has 2 aromatic rings. The number of hydrogen-bond donors (Lipinski definition) is 1. The van der Waals surface area contributed by atoms with Gasteiger partial charge in [-0.05, 0) is 32.0 Å². The monoisotopic (exact) mass is 328 g/mol. The maximum Gasteiger partial charge on any atom is 0.339 e. The van der Waals surface area contributed by atoms with Crippen LogP contribution in [0.4, 0.5) is 11.4 Å². The van der Waals surface area contributed by atoms with Crippen molar-refractivity contribution in [2.24, 2.45) is 0 Å². The minimum absolute atomic E-state index is 0.0589. The van der Waals surface area contributed by atoms with Crippen LogP contribution in [0.3, 0.4) is 0 Å². The number of nitrogens with one attached hydrogen (secondary N) is 1. The van der Waals surface area contributed by atoms with Crippen molar-refractivity contribution in [1.82, 2.24) is 0 Å². The van der Waals surface area contributed by atoms with E-state index in [1.165, 1.54) is 32.0 Å². The molecular weight excluding hydrogens is 312 g/mol. The summed E-state index contributed by atoms with van der Waals surface area (Å²) in [5, 5.41) is 13.5. The van der Waals surface area contributed by atoms with Crippen LogP contribution in [0.2, 0.25) is 0 Å². The predicted molar refractivity (Wildman–Crippen MR) is 87.8 cm³/mol. The van der Waals surface area contributed by atoms with Crippen LogP contribution >= 0.6 is 0 Å². The van der Waals surface area contributed by atoms with Gasteiger partial charge >= 0.3 is 5.97 Å². The van der Waals surface area contributed by atoms with Crippen LogP contribution in [0.5, 0.6) is 0 Å². The van der Waals surface area contributed by atoms with Crippen molar-refractivity contribution >= 4 is 23.3 Å². The molecule has 0 radical (unpaired) electrons. The van der Waals surface area contributed by atoms with Gasteiger partial charge in [-0.2, -0.15) is 0 Å². The summed E-state index contributed by atoms with van der Waals surface area (Å²) in [5.41, 5.74) is 0.662. The zero-order valence-electron chi connectivity index (χ0n) is 13.2. The molecule has 24 heavy (non-hydrogen) atoms. The maximum absolute atomic E-state index is 12.2. The molecule has 7 nitrogen and oxygen atoms in total. The van der Waals surface area contributed by atoms with E-state index in [0.29, 0.717) is 5.69 Å². The van der Waals surface area contributed by atoms with Gasteiger partial charge in [0.1, 0.15) is 0 Å². The second-order valence-electron chi connectivity index (χ2n) is 5.11. The van der Waals surface area contributed by atoms with Crippen LogP contribution in [0.1, 0.15) is 22.8 Å². The first-order valence-corrected chi connectivity index (χ1v) is 7.21. The number of anilines is 1. The fraction of sp³-hybridized carbons (Fsp3) is 0.176. The van der Waals surface area contributed by atoms with E-state index in [-0.39, 0.29) is 16.8 Å². The Morgan fingerprint density at radius 3 is 2.42 bits per heavy atom. The Bertz CT molecular complexity index is 774. The normalized spacial score (nSPS) is 11.4. The smallest absolute Gasteiger partial charge is 0.339 e. The molecule has 1 N–H and O–H groups in total. The highest BCUT2D eigenvalue weighted by atomic mass is 16.6. The molecule has 0 fully saturated rings. The summed E-state index contributed by atoms with van der Waals surface area (Å²) < 4.78 is 5.11. The molecule has 0 aliphatic heterocycles. The first-order valence-electron chi connectivity index (χ1n) is 7.21. The van der Waals surface area contributed by atoms with Crippen molar-refractivity contribution in [2.75, 3.05) is 5.32 Å². The number of nitro benzene ring substituents is 1. The van der Waals surface area contributed by atoms with Crippen LogP contribution in [-0.4, -0.2) is 22.9 Å². The summed E-state index contributed by atoms with van der Waals surface area (Å²) in [7, 11) is 0. The van der Waals surface area contributed by atoms with E-state index in [2.05, 4.69) is 5.32 Å². The number of nitro groups is 1.